The largest absolute Gasteiger partial charge is 0.481 e. The van der Waals surface area contributed by atoms with Gasteiger partial charge in [-0.1, -0.05) is 6.92 Å². The number of ether oxygens (including phenoxy) is 1. The van der Waals surface area contributed by atoms with Gasteiger partial charge in [-0.25, -0.2) is 0 Å². The molecule has 2 heterocycles. The molecule has 2 saturated heterocycles. The van der Waals surface area contributed by atoms with E-state index in [-0.39, 0.29) is 0 Å². The molecule has 2 fully saturated rings. The first-order chi connectivity index (χ1) is 8.57. The van der Waals surface area contributed by atoms with Crippen LogP contribution in [0.4, 0.5) is 0 Å². The molecular weight excluding hydrogens is 232 g/mol. The molecule has 0 radical (unpaired) electrons. The van der Waals surface area contributed by atoms with Gasteiger partial charge in [-0.15, -0.1) is 0 Å². The van der Waals surface area contributed by atoms with Gasteiger partial charge in [-0.2, -0.15) is 0 Å². The van der Waals surface area contributed by atoms with Crippen LogP contribution in [0.3, 0.4) is 0 Å². The third-order valence-electron chi connectivity index (χ3n) is 4.42. The van der Waals surface area contributed by atoms with Crippen molar-refractivity contribution in [3.05, 3.63) is 0 Å². The predicted octanol–water partition coefficient (Wildman–Crippen LogP) is 0.504. The van der Waals surface area contributed by atoms with E-state index in [0.29, 0.717) is 32.2 Å². The monoisotopic (exact) mass is 256 g/mol. The molecule has 104 valence electrons. The van der Waals surface area contributed by atoms with Gasteiger partial charge in [0.15, 0.2) is 0 Å². The lowest BCUT2D eigenvalue weighted by atomic mass is 9.86. The van der Waals surface area contributed by atoms with Gasteiger partial charge >= 0.3 is 5.97 Å². The molecule has 0 saturated carbocycles. The first-order valence-corrected chi connectivity index (χ1v) is 6.81. The van der Waals surface area contributed by atoms with Gasteiger partial charge in [-0.05, 0) is 19.9 Å². The minimum atomic E-state index is -0.702. The second-order valence-corrected chi connectivity index (χ2v) is 5.67. The second kappa shape index (κ2) is 5.55. The average molecular weight is 256 g/mol. The van der Waals surface area contributed by atoms with Gasteiger partial charge in [0.05, 0.1) is 6.61 Å². The van der Waals surface area contributed by atoms with E-state index in [4.69, 9.17) is 4.74 Å². The summed E-state index contributed by atoms with van der Waals surface area (Å²) in [5.74, 6) is -0.702. The van der Waals surface area contributed by atoms with Crippen molar-refractivity contribution < 1.29 is 14.6 Å². The Morgan fingerprint density at radius 1 is 1.50 bits per heavy atom. The van der Waals surface area contributed by atoms with Crippen molar-refractivity contribution >= 4 is 5.97 Å². The maximum atomic E-state index is 11.5. The standard InChI is InChI=1S/C13H24N2O3/c1-3-11-8-15(6-5-14(11)2)9-13(12(16)17)4-7-18-10-13/h11H,3-10H2,1-2H3,(H,16,17). The Morgan fingerprint density at radius 3 is 2.83 bits per heavy atom. The lowest BCUT2D eigenvalue weighted by molar-refractivity contribution is -0.150. The number of rotatable bonds is 4. The van der Waals surface area contributed by atoms with Crippen molar-refractivity contribution in [2.24, 2.45) is 5.41 Å². The van der Waals surface area contributed by atoms with Crippen LogP contribution in [0.2, 0.25) is 0 Å². The summed E-state index contributed by atoms with van der Waals surface area (Å²) in [7, 11) is 2.15. The summed E-state index contributed by atoms with van der Waals surface area (Å²) in [5, 5.41) is 9.45. The molecule has 0 bridgehead atoms. The van der Waals surface area contributed by atoms with Gasteiger partial charge < -0.3 is 14.7 Å². The van der Waals surface area contributed by atoms with Crippen LogP contribution in [0.5, 0.6) is 0 Å². The molecule has 2 unspecified atom stereocenters. The highest BCUT2D eigenvalue weighted by atomic mass is 16.5. The number of aliphatic carboxylic acids is 1. The second-order valence-electron chi connectivity index (χ2n) is 5.67. The maximum Gasteiger partial charge on any atom is 0.313 e. The quantitative estimate of drug-likeness (QED) is 0.794. The molecule has 0 spiro atoms. The fourth-order valence-corrected chi connectivity index (χ4v) is 2.99. The summed E-state index contributed by atoms with van der Waals surface area (Å²) in [6, 6.07) is 0.548. The van der Waals surface area contributed by atoms with Crippen molar-refractivity contribution in [3.8, 4) is 0 Å². The Hall–Kier alpha value is -0.650. The molecule has 2 atom stereocenters. The number of likely N-dealkylation sites (N-methyl/N-ethyl adjacent to an activating group) is 1. The van der Waals surface area contributed by atoms with Crippen molar-refractivity contribution in [1.82, 2.24) is 9.80 Å². The van der Waals surface area contributed by atoms with E-state index in [1.165, 1.54) is 0 Å². The molecular formula is C13H24N2O3. The molecule has 0 aromatic heterocycles. The first-order valence-electron chi connectivity index (χ1n) is 6.81. The van der Waals surface area contributed by atoms with Crippen molar-refractivity contribution in [1.29, 1.82) is 0 Å². The summed E-state index contributed by atoms with van der Waals surface area (Å²) in [5.41, 5.74) is -0.672. The van der Waals surface area contributed by atoms with Crippen LogP contribution in [0, 0.1) is 5.41 Å². The molecule has 1 N–H and O–H groups in total. The Kier molecular flexibility index (Phi) is 4.25. The Labute approximate surface area is 109 Å². The van der Waals surface area contributed by atoms with Crippen molar-refractivity contribution in [3.63, 3.8) is 0 Å². The number of carbonyl (C=O) groups is 1. The van der Waals surface area contributed by atoms with Crippen LogP contribution < -0.4 is 0 Å². The van der Waals surface area contributed by atoms with E-state index in [1.807, 2.05) is 0 Å². The Morgan fingerprint density at radius 2 is 2.28 bits per heavy atom. The SMILES string of the molecule is CCC1CN(CC2(C(=O)O)CCOC2)CCN1C. The van der Waals surface area contributed by atoms with Crippen LogP contribution in [-0.2, 0) is 9.53 Å². The molecule has 18 heavy (non-hydrogen) atoms. The fourth-order valence-electron chi connectivity index (χ4n) is 2.99. The van der Waals surface area contributed by atoms with Gasteiger partial charge in [0, 0.05) is 38.8 Å². The van der Waals surface area contributed by atoms with E-state index in [1.54, 1.807) is 0 Å². The maximum absolute atomic E-state index is 11.5. The van der Waals surface area contributed by atoms with Gasteiger partial charge in [0.2, 0.25) is 0 Å². The molecule has 5 heteroatoms. The third-order valence-corrected chi connectivity index (χ3v) is 4.42. The van der Waals surface area contributed by atoms with Crippen molar-refractivity contribution in [2.45, 2.75) is 25.8 Å². The molecule has 0 aromatic rings. The van der Waals surface area contributed by atoms with Gasteiger partial charge in [-0.3, -0.25) is 9.69 Å². The highest BCUT2D eigenvalue weighted by Gasteiger charge is 2.44. The van der Waals surface area contributed by atoms with Crippen molar-refractivity contribution in [2.75, 3.05) is 46.4 Å². The highest BCUT2D eigenvalue weighted by molar-refractivity contribution is 5.75. The minimum absolute atomic E-state index is 0.367. The van der Waals surface area contributed by atoms with E-state index < -0.39 is 11.4 Å². The third kappa shape index (κ3) is 2.68. The topological polar surface area (TPSA) is 53.0 Å². The van der Waals surface area contributed by atoms with Crippen LogP contribution in [0.15, 0.2) is 0 Å². The molecule has 2 rings (SSSR count). The minimum Gasteiger partial charge on any atom is -0.481 e. The summed E-state index contributed by atoms with van der Waals surface area (Å²) >= 11 is 0. The number of carboxylic acids is 1. The fraction of sp³-hybridized carbons (Fsp3) is 0.923. The molecule has 2 aliphatic heterocycles. The Bertz CT molecular complexity index is 303. The van der Waals surface area contributed by atoms with Crippen LogP contribution in [0.1, 0.15) is 19.8 Å². The predicted molar refractivity (Wildman–Crippen MR) is 68.7 cm³/mol. The lowest BCUT2D eigenvalue weighted by Gasteiger charge is -2.41. The number of hydrogen-bond acceptors (Lipinski definition) is 4. The summed E-state index contributed by atoms with van der Waals surface area (Å²) in [6.07, 6.45) is 1.76. The molecule has 2 aliphatic rings. The zero-order valence-electron chi connectivity index (χ0n) is 11.4. The van der Waals surface area contributed by atoms with Gasteiger partial charge in [0.25, 0.3) is 0 Å². The first kappa shape index (κ1) is 13.8. The number of carboxylic acid groups (broad SMARTS) is 1. The zero-order valence-corrected chi connectivity index (χ0v) is 11.4. The van der Waals surface area contributed by atoms with E-state index in [9.17, 15) is 9.90 Å². The van der Waals surface area contributed by atoms with Crippen LogP contribution >= 0.6 is 0 Å². The number of nitrogens with zero attached hydrogens (tertiary/aromatic N) is 2. The summed E-state index contributed by atoms with van der Waals surface area (Å²) in [6.45, 7) is 6.73. The summed E-state index contributed by atoms with van der Waals surface area (Å²) < 4.78 is 5.32. The van der Waals surface area contributed by atoms with E-state index >= 15 is 0 Å². The van der Waals surface area contributed by atoms with E-state index in [2.05, 4.69) is 23.8 Å². The zero-order chi connectivity index (χ0) is 13.2. The molecule has 0 amide bonds. The molecule has 5 nitrogen and oxygen atoms in total. The average Bonchev–Trinajstić information content (AvgIpc) is 2.81. The van der Waals surface area contributed by atoms with E-state index in [0.717, 1.165) is 26.1 Å². The summed E-state index contributed by atoms with van der Waals surface area (Å²) in [4.78, 5) is 16.2. The van der Waals surface area contributed by atoms with Gasteiger partial charge in [0.1, 0.15) is 5.41 Å². The molecule has 0 aromatic carbocycles. The lowest BCUT2D eigenvalue weighted by Crippen LogP contribution is -2.55. The highest BCUT2D eigenvalue weighted by Crippen LogP contribution is 2.31. The van der Waals surface area contributed by atoms with Crippen LogP contribution in [-0.4, -0.2) is 73.4 Å². The molecule has 0 aliphatic carbocycles. The Balaban J connectivity index is 1.98. The normalized spacial score (nSPS) is 34.9. The number of hydrogen-bond donors (Lipinski definition) is 1. The smallest absolute Gasteiger partial charge is 0.313 e. The number of piperazine rings is 1. The van der Waals surface area contributed by atoms with Crippen LogP contribution in [0.25, 0.3) is 0 Å².